The Kier molecular flexibility index (Phi) is 2.42. The van der Waals surface area contributed by atoms with Crippen LogP contribution in [0.15, 0.2) is 18.3 Å². The molecule has 0 aromatic carbocycles. The molecule has 1 aliphatic carbocycles. The molecule has 0 bridgehead atoms. The Bertz CT molecular complexity index is 327. The molecule has 1 heterocycles. The van der Waals surface area contributed by atoms with Crippen LogP contribution in [0.2, 0.25) is 0 Å². The molecular formula is C11H16N2O. The van der Waals surface area contributed by atoms with Crippen LogP contribution in [0.5, 0.6) is 0 Å². The number of pyridine rings is 1. The van der Waals surface area contributed by atoms with Crippen molar-refractivity contribution in [3.8, 4) is 0 Å². The number of hydrogen-bond acceptors (Lipinski definition) is 3. The van der Waals surface area contributed by atoms with Crippen LogP contribution < -0.4 is 5.73 Å². The highest BCUT2D eigenvalue weighted by molar-refractivity contribution is 5.38. The van der Waals surface area contributed by atoms with Crippen molar-refractivity contribution in [2.45, 2.75) is 25.9 Å². The first-order chi connectivity index (χ1) is 6.68. The molecule has 0 saturated heterocycles. The normalized spacial score (nSPS) is 27.3. The minimum atomic E-state index is -0.253. The molecule has 1 fully saturated rings. The summed E-state index contributed by atoms with van der Waals surface area (Å²) in [5.74, 6) is 1.68. The molecule has 0 amide bonds. The summed E-state index contributed by atoms with van der Waals surface area (Å²) < 4.78 is 0. The second-order valence-electron chi connectivity index (χ2n) is 4.20. The lowest BCUT2D eigenvalue weighted by molar-refractivity contribution is 0.146. The lowest BCUT2D eigenvalue weighted by Crippen LogP contribution is -2.15. The van der Waals surface area contributed by atoms with E-state index in [1.807, 2.05) is 12.1 Å². The molecule has 76 valence electrons. The van der Waals surface area contributed by atoms with Gasteiger partial charge in [-0.3, -0.25) is 0 Å². The van der Waals surface area contributed by atoms with E-state index in [4.69, 9.17) is 5.73 Å². The van der Waals surface area contributed by atoms with Crippen molar-refractivity contribution < 1.29 is 5.11 Å². The Morgan fingerprint density at radius 3 is 3.00 bits per heavy atom. The van der Waals surface area contributed by atoms with Gasteiger partial charge in [0.15, 0.2) is 0 Å². The number of hydrogen-bond donors (Lipinski definition) is 2. The van der Waals surface area contributed by atoms with E-state index in [1.54, 1.807) is 6.20 Å². The molecule has 1 aromatic rings. The zero-order chi connectivity index (χ0) is 10.1. The van der Waals surface area contributed by atoms with Crippen LogP contribution >= 0.6 is 0 Å². The van der Waals surface area contributed by atoms with Crippen molar-refractivity contribution in [3.63, 3.8) is 0 Å². The first kappa shape index (κ1) is 9.46. The van der Waals surface area contributed by atoms with E-state index in [0.717, 1.165) is 12.0 Å². The summed E-state index contributed by atoms with van der Waals surface area (Å²) in [5.41, 5.74) is 6.66. The van der Waals surface area contributed by atoms with Crippen molar-refractivity contribution in [3.05, 3.63) is 23.9 Å². The summed E-state index contributed by atoms with van der Waals surface area (Å²) in [6, 6.07) is 3.79. The number of nitrogens with zero attached hydrogens (tertiary/aromatic N) is 1. The number of rotatable bonds is 3. The zero-order valence-electron chi connectivity index (χ0n) is 8.35. The third-order valence-electron chi connectivity index (χ3n) is 3.02. The predicted molar refractivity (Wildman–Crippen MR) is 55.6 cm³/mol. The molecule has 14 heavy (non-hydrogen) atoms. The third kappa shape index (κ3) is 1.87. The maximum atomic E-state index is 9.85. The Balaban J connectivity index is 2.00. The topological polar surface area (TPSA) is 59.1 Å². The zero-order valence-corrected chi connectivity index (χ0v) is 8.35. The average molecular weight is 192 g/mol. The van der Waals surface area contributed by atoms with Crippen molar-refractivity contribution in [2.24, 2.45) is 11.8 Å². The van der Waals surface area contributed by atoms with E-state index >= 15 is 0 Å². The van der Waals surface area contributed by atoms with Crippen LogP contribution in [-0.4, -0.2) is 16.2 Å². The minimum absolute atomic E-state index is 0.253. The molecular weight excluding hydrogens is 176 g/mol. The average Bonchev–Trinajstić information content (AvgIpc) is 2.87. The molecule has 0 radical (unpaired) electrons. The van der Waals surface area contributed by atoms with Gasteiger partial charge in [-0.25, -0.2) is 4.98 Å². The van der Waals surface area contributed by atoms with Gasteiger partial charge in [-0.1, -0.05) is 13.0 Å². The fourth-order valence-corrected chi connectivity index (χ4v) is 1.89. The first-order valence-corrected chi connectivity index (χ1v) is 5.06. The van der Waals surface area contributed by atoms with E-state index in [-0.39, 0.29) is 6.10 Å². The van der Waals surface area contributed by atoms with Gasteiger partial charge in [0.25, 0.3) is 0 Å². The quantitative estimate of drug-likeness (QED) is 0.757. The second kappa shape index (κ2) is 3.58. The highest BCUT2D eigenvalue weighted by atomic mass is 16.3. The Labute approximate surface area is 84.0 Å². The summed E-state index contributed by atoms with van der Waals surface area (Å²) in [4.78, 5) is 4.00. The summed E-state index contributed by atoms with van der Waals surface area (Å²) in [6.45, 7) is 2.17. The summed E-state index contributed by atoms with van der Waals surface area (Å²) >= 11 is 0. The smallest absolute Gasteiger partial charge is 0.126 e. The van der Waals surface area contributed by atoms with E-state index < -0.39 is 0 Å². The van der Waals surface area contributed by atoms with Gasteiger partial charge < -0.3 is 10.8 Å². The number of aliphatic hydroxyl groups is 1. The lowest BCUT2D eigenvalue weighted by Gasteiger charge is -2.10. The van der Waals surface area contributed by atoms with Gasteiger partial charge in [-0.15, -0.1) is 0 Å². The molecule has 3 heteroatoms. The van der Waals surface area contributed by atoms with Crippen molar-refractivity contribution >= 4 is 5.82 Å². The van der Waals surface area contributed by atoms with E-state index in [0.29, 0.717) is 24.1 Å². The Morgan fingerprint density at radius 2 is 2.43 bits per heavy atom. The fraction of sp³-hybridized carbons (Fsp3) is 0.545. The molecule has 3 N–H and O–H groups in total. The van der Waals surface area contributed by atoms with Gasteiger partial charge in [-0.2, -0.15) is 0 Å². The van der Waals surface area contributed by atoms with Crippen LogP contribution in [0.1, 0.15) is 18.9 Å². The molecule has 1 saturated carbocycles. The van der Waals surface area contributed by atoms with Crippen LogP contribution in [0.4, 0.5) is 5.82 Å². The van der Waals surface area contributed by atoms with Gasteiger partial charge in [0, 0.05) is 12.6 Å². The molecule has 0 aliphatic heterocycles. The van der Waals surface area contributed by atoms with Gasteiger partial charge in [0.05, 0.1) is 6.10 Å². The predicted octanol–water partition coefficient (Wildman–Crippen LogP) is 1.22. The number of aliphatic hydroxyl groups excluding tert-OH is 1. The van der Waals surface area contributed by atoms with E-state index in [2.05, 4.69) is 11.9 Å². The molecule has 1 aliphatic rings. The van der Waals surface area contributed by atoms with Crippen molar-refractivity contribution in [2.75, 3.05) is 5.73 Å². The van der Waals surface area contributed by atoms with Crippen LogP contribution in [-0.2, 0) is 6.42 Å². The number of nitrogen functional groups attached to an aromatic ring is 1. The van der Waals surface area contributed by atoms with Gasteiger partial charge in [-0.05, 0) is 29.9 Å². The summed E-state index contributed by atoms with van der Waals surface area (Å²) in [6.07, 6.45) is 3.19. The maximum Gasteiger partial charge on any atom is 0.126 e. The Morgan fingerprint density at radius 1 is 1.71 bits per heavy atom. The molecule has 2 rings (SSSR count). The lowest BCUT2D eigenvalue weighted by atomic mass is 10.0. The molecule has 3 atom stereocenters. The second-order valence-corrected chi connectivity index (χ2v) is 4.20. The highest BCUT2D eigenvalue weighted by Crippen LogP contribution is 2.41. The van der Waals surface area contributed by atoms with Gasteiger partial charge in [0.1, 0.15) is 5.82 Å². The van der Waals surface area contributed by atoms with Gasteiger partial charge in [0.2, 0.25) is 0 Å². The monoisotopic (exact) mass is 192 g/mol. The van der Waals surface area contributed by atoms with Crippen LogP contribution in [0.3, 0.4) is 0 Å². The van der Waals surface area contributed by atoms with E-state index in [9.17, 15) is 5.11 Å². The number of aromatic nitrogens is 1. The van der Waals surface area contributed by atoms with Gasteiger partial charge >= 0.3 is 0 Å². The molecule has 3 unspecified atom stereocenters. The fourth-order valence-electron chi connectivity index (χ4n) is 1.89. The summed E-state index contributed by atoms with van der Waals surface area (Å²) in [7, 11) is 0. The molecule has 0 spiro atoms. The maximum absolute atomic E-state index is 9.85. The third-order valence-corrected chi connectivity index (χ3v) is 3.02. The molecule has 1 aromatic heterocycles. The number of anilines is 1. The standard InChI is InChI=1S/C11H16N2O/c1-7-5-9(7)10(14)6-8-3-2-4-13-11(8)12/h2-4,7,9-10,14H,5-6H2,1H3,(H2,12,13). The number of nitrogens with two attached hydrogens (primary N) is 1. The van der Waals surface area contributed by atoms with E-state index in [1.165, 1.54) is 0 Å². The van der Waals surface area contributed by atoms with Crippen LogP contribution in [0.25, 0.3) is 0 Å². The largest absolute Gasteiger partial charge is 0.392 e. The highest BCUT2D eigenvalue weighted by Gasteiger charge is 2.38. The SMILES string of the molecule is CC1CC1C(O)Cc1cccnc1N. The van der Waals surface area contributed by atoms with Crippen molar-refractivity contribution in [1.29, 1.82) is 0 Å². The summed E-state index contributed by atoms with van der Waals surface area (Å²) in [5, 5.41) is 9.85. The Hall–Kier alpha value is -1.09. The van der Waals surface area contributed by atoms with Crippen molar-refractivity contribution in [1.82, 2.24) is 4.98 Å². The minimum Gasteiger partial charge on any atom is -0.392 e. The molecule has 3 nitrogen and oxygen atoms in total. The first-order valence-electron chi connectivity index (χ1n) is 5.06. The van der Waals surface area contributed by atoms with Crippen LogP contribution in [0, 0.1) is 11.8 Å².